The minimum atomic E-state index is 0.0182. The van der Waals surface area contributed by atoms with E-state index < -0.39 is 0 Å². The molecule has 2 aromatic heterocycles. The first kappa shape index (κ1) is 35.5. The molecule has 11 rings (SSSR count). The van der Waals surface area contributed by atoms with Crippen LogP contribution in [0.2, 0.25) is 0 Å². The summed E-state index contributed by atoms with van der Waals surface area (Å²) < 4.78 is 4.81. The average Bonchev–Trinajstić information content (AvgIpc) is 3.81. The Labute approximate surface area is 347 Å². The van der Waals surface area contributed by atoms with E-state index in [0.29, 0.717) is 0 Å². The molecule has 0 saturated heterocycles. The summed E-state index contributed by atoms with van der Waals surface area (Å²) >= 11 is 0. The van der Waals surface area contributed by atoms with Crippen LogP contribution in [-0.4, -0.2) is 9.13 Å². The molecule has 0 unspecified atom stereocenters. The van der Waals surface area contributed by atoms with E-state index in [4.69, 9.17) is 0 Å². The van der Waals surface area contributed by atoms with Crippen LogP contribution in [0.5, 0.6) is 0 Å². The van der Waals surface area contributed by atoms with Crippen LogP contribution >= 0.6 is 0 Å². The zero-order valence-corrected chi connectivity index (χ0v) is 34.7. The molecule has 0 spiro atoms. The van der Waals surface area contributed by atoms with Gasteiger partial charge in [0.25, 0.3) is 0 Å². The van der Waals surface area contributed by atoms with Gasteiger partial charge in [-0.25, -0.2) is 0 Å². The standard InChI is InChI=1S/C57H48N2/c1-55(2)49-35-45(37-17-9-7-10-18-37)46(36-50(49)56(3,4)57(55,5)6)38-25-29-42(30-26-38)59-52-24-16-14-22-44(52)48-34-40(28-32-54(48)59)39-27-31-53-47(33-39)43-21-13-15-23-51(43)58(53)41-19-11-8-12-20-41/h7-36H,1-6H3. The fourth-order valence-electron chi connectivity index (χ4n) is 10.4. The summed E-state index contributed by atoms with van der Waals surface area (Å²) in [6.07, 6.45) is 0. The molecule has 1 aliphatic rings. The fourth-order valence-corrected chi connectivity index (χ4v) is 10.4. The molecule has 0 saturated carbocycles. The third-order valence-electron chi connectivity index (χ3n) is 14.8. The second-order valence-corrected chi connectivity index (χ2v) is 18.2. The highest BCUT2D eigenvalue weighted by molar-refractivity contribution is 6.12. The molecule has 2 heteroatoms. The SMILES string of the molecule is CC1(C)c2cc(-c3ccccc3)c(-c3ccc(-n4c5ccccc5c5cc(-c6ccc7c(c6)c6ccccc6n7-c6ccccc6)ccc54)cc3)cc2C(C)(C)C1(C)C. The molecule has 286 valence electrons. The number of fused-ring (bicyclic) bond motifs is 7. The van der Waals surface area contributed by atoms with Crippen LogP contribution in [0.25, 0.3) is 88.4 Å². The van der Waals surface area contributed by atoms with E-state index in [1.807, 2.05) is 0 Å². The van der Waals surface area contributed by atoms with Gasteiger partial charge >= 0.3 is 0 Å². The fraction of sp³-hybridized carbons (Fsp3) is 0.158. The molecule has 0 atom stereocenters. The number of hydrogen-bond acceptors (Lipinski definition) is 0. The van der Waals surface area contributed by atoms with Crippen molar-refractivity contribution in [3.63, 3.8) is 0 Å². The Morgan fingerprint density at radius 2 is 0.678 bits per heavy atom. The Balaban J connectivity index is 1.03. The first-order chi connectivity index (χ1) is 28.5. The number of aromatic nitrogens is 2. The van der Waals surface area contributed by atoms with Crippen molar-refractivity contribution in [1.29, 1.82) is 0 Å². The molecule has 0 fully saturated rings. The summed E-state index contributed by atoms with van der Waals surface area (Å²) in [6, 6.07) is 67.5. The lowest BCUT2D eigenvalue weighted by Gasteiger charge is -2.44. The highest BCUT2D eigenvalue weighted by Gasteiger charge is 2.57. The van der Waals surface area contributed by atoms with Gasteiger partial charge in [0.05, 0.1) is 22.1 Å². The van der Waals surface area contributed by atoms with Crippen LogP contribution in [0, 0.1) is 5.41 Å². The van der Waals surface area contributed by atoms with Gasteiger partial charge in [-0.05, 0) is 134 Å². The van der Waals surface area contributed by atoms with Gasteiger partial charge in [-0.15, -0.1) is 0 Å². The molecule has 10 aromatic rings. The zero-order valence-electron chi connectivity index (χ0n) is 34.7. The van der Waals surface area contributed by atoms with Crippen molar-refractivity contribution < 1.29 is 0 Å². The van der Waals surface area contributed by atoms with Crippen molar-refractivity contribution in [2.45, 2.75) is 52.4 Å². The highest BCUT2D eigenvalue weighted by Crippen LogP contribution is 2.62. The van der Waals surface area contributed by atoms with E-state index in [1.165, 1.54) is 93.8 Å². The maximum Gasteiger partial charge on any atom is 0.0541 e. The Bertz CT molecular complexity index is 3260. The van der Waals surface area contributed by atoms with Crippen LogP contribution in [0.3, 0.4) is 0 Å². The molecule has 0 N–H and O–H groups in total. The molecular formula is C57H48N2. The largest absolute Gasteiger partial charge is 0.309 e. The van der Waals surface area contributed by atoms with Crippen molar-refractivity contribution >= 4 is 43.6 Å². The third-order valence-corrected chi connectivity index (χ3v) is 14.8. The maximum atomic E-state index is 2.52. The molecule has 8 aromatic carbocycles. The predicted octanol–water partition coefficient (Wildman–Crippen LogP) is 15.5. The van der Waals surface area contributed by atoms with E-state index in [-0.39, 0.29) is 16.2 Å². The molecule has 0 bridgehead atoms. The Kier molecular flexibility index (Phi) is 7.63. The van der Waals surface area contributed by atoms with Crippen LogP contribution < -0.4 is 0 Å². The number of rotatable bonds is 5. The zero-order chi connectivity index (χ0) is 40.3. The number of benzene rings is 8. The summed E-state index contributed by atoms with van der Waals surface area (Å²) in [5, 5.41) is 5.04. The lowest BCUT2D eigenvalue weighted by Crippen LogP contribution is -2.42. The molecular weight excluding hydrogens is 713 g/mol. The van der Waals surface area contributed by atoms with E-state index in [9.17, 15) is 0 Å². The maximum absolute atomic E-state index is 2.52. The molecule has 1 aliphatic carbocycles. The minimum absolute atomic E-state index is 0.0182. The van der Waals surface area contributed by atoms with E-state index in [0.717, 1.165) is 5.69 Å². The first-order valence-electron chi connectivity index (χ1n) is 21.0. The molecule has 0 amide bonds. The van der Waals surface area contributed by atoms with Crippen molar-refractivity contribution in [2.75, 3.05) is 0 Å². The summed E-state index contributed by atoms with van der Waals surface area (Å²) in [5.41, 5.74) is 17.8. The summed E-state index contributed by atoms with van der Waals surface area (Å²) in [4.78, 5) is 0. The number of hydrogen-bond donors (Lipinski definition) is 0. The smallest absolute Gasteiger partial charge is 0.0541 e. The van der Waals surface area contributed by atoms with Gasteiger partial charge in [0.2, 0.25) is 0 Å². The molecule has 0 aliphatic heterocycles. The Morgan fingerprint density at radius 3 is 1.17 bits per heavy atom. The van der Waals surface area contributed by atoms with Gasteiger partial charge in [-0.1, -0.05) is 151 Å². The van der Waals surface area contributed by atoms with Crippen molar-refractivity contribution in [2.24, 2.45) is 5.41 Å². The van der Waals surface area contributed by atoms with Crippen molar-refractivity contribution in [3.05, 3.63) is 193 Å². The second-order valence-electron chi connectivity index (χ2n) is 18.2. The van der Waals surface area contributed by atoms with Gasteiger partial charge in [-0.3, -0.25) is 0 Å². The predicted molar refractivity (Wildman–Crippen MR) is 251 cm³/mol. The first-order valence-corrected chi connectivity index (χ1v) is 21.0. The second kappa shape index (κ2) is 12.7. The number of nitrogens with zero attached hydrogens (tertiary/aromatic N) is 2. The van der Waals surface area contributed by atoms with Crippen molar-refractivity contribution in [3.8, 4) is 44.8 Å². The van der Waals surface area contributed by atoms with Gasteiger partial charge in [0, 0.05) is 32.9 Å². The molecule has 2 nitrogen and oxygen atoms in total. The normalized spacial score (nSPS) is 15.4. The van der Waals surface area contributed by atoms with Gasteiger partial charge in [0.15, 0.2) is 0 Å². The monoisotopic (exact) mass is 760 g/mol. The topological polar surface area (TPSA) is 9.86 Å². The van der Waals surface area contributed by atoms with Crippen LogP contribution in [0.1, 0.15) is 52.7 Å². The van der Waals surface area contributed by atoms with Gasteiger partial charge in [0.1, 0.15) is 0 Å². The number of para-hydroxylation sites is 3. The van der Waals surface area contributed by atoms with E-state index in [1.54, 1.807) is 0 Å². The van der Waals surface area contributed by atoms with E-state index >= 15 is 0 Å². The molecule has 59 heavy (non-hydrogen) atoms. The van der Waals surface area contributed by atoms with E-state index in [2.05, 4.69) is 233 Å². The third kappa shape index (κ3) is 5.05. The highest BCUT2D eigenvalue weighted by atomic mass is 15.0. The van der Waals surface area contributed by atoms with Crippen LogP contribution in [0.4, 0.5) is 0 Å². The lowest BCUT2D eigenvalue weighted by atomic mass is 9.59. The summed E-state index contributed by atoms with van der Waals surface area (Å²) in [7, 11) is 0. The minimum Gasteiger partial charge on any atom is -0.309 e. The van der Waals surface area contributed by atoms with Crippen molar-refractivity contribution in [1.82, 2.24) is 9.13 Å². The lowest BCUT2D eigenvalue weighted by molar-refractivity contribution is 0.125. The van der Waals surface area contributed by atoms with Gasteiger partial charge in [-0.2, -0.15) is 0 Å². The van der Waals surface area contributed by atoms with Gasteiger partial charge < -0.3 is 9.13 Å². The molecule has 2 heterocycles. The Hall–Kier alpha value is -6.64. The van der Waals surface area contributed by atoms with Crippen LogP contribution in [0.15, 0.2) is 182 Å². The Morgan fingerprint density at radius 1 is 0.305 bits per heavy atom. The summed E-state index contributed by atoms with van der Waals surface area (Å²) in [6.45, 7) is 14.6. The van der Waals surface area contributed by atoms with Crippen LogP contribution in [-0.2, 0) is 10.8 Å². The average molecular weight is 761 g/mol. The molecule has 0 radical (unpaired) electrons. The quantitative estimate of drug-likeness (QED) is 0.165. The summed E-state index contributed by atoms with van der Waals surface area (Å²) in [5.74, 6) is 0.